The molecule has 5 nitrogen and oxygen atoms in total. The van der Waals surface area contributed by atoms with Crippen LogP contribution in [0.2, 0.25) is 0 Å². The number of sulfone groups is 1. The van der Waals surface area contributed by atoms with Gasteiger partial charge in [-0.05, 0) is 55.3 Å². The summed E-state index contributed by atoms with van der Waals surface area (Å²) in [5.74, 6) is 0.607. The minimum absolute atomic E-state index is 0.0467. The molecule has 2 aromatic rings. The monoisotopic (exact) mass is 382 g/mol. The van der Waals surface area contributed by atoms with Crippen LogP contribution >= 0.6 is 0 Å². The Morgan fingerprint density at radius 3 is 2.52 bits per heavy atom. The lowest BCUT2D eigenvalue weighted by molar-refractivity contribution is 0.240. The number of fused-ring (bicyclic) bond motifs is 1. The minimum atomic E-state index is -3.34. The van der Waals surface area contributed by atoms with Gasteiger partial charge in [0.15, 0.2) is 9.84 Å². The van der Waals surface area contributed by atoms with Gasteiger partial charge in [0.25, 0.3) is 0 Å². The molecule has 0 saturated heterocycles. The predicted octanol–water partition coefficient (Wildman–Crippen LogP) is 3.74. The Morgan fingerprint density at radius 1 is 1.19 bits per heavy atom. The van der Waals surface area contributed by atoms with Crippen LogP contribution < -0.4 is 4.74 Å². The molecule has 6 heteroatoms. The Kier molecular flexibility index (Phi) is 4.99. The second-order valence-electron chi connectivity index (χ2n) is 6.99. The topological polar surface area (TPSA) is 70.4 Å². The maximum atomic E-state index is 12.0. The SMILES string of the molecule is C=C(c1cc(S(C)(=O)=O)ccc1OC(C)C)N1Cc2ccc(C#N)cc2C1. The number of hydrogen-bond donors (Lipinski definition) is 0. The van der Waals surface area contributed by atoms with Crippen molar-refractivity contribution in [2.24, 2.45) is 0 Å². The molecule has 0 spiro atoms. The molecular formula is C21H22N2O3S. The van der Waals surface area contributed by atoms with E-state index in [4.69, 9.17) is 10.00 Å². The molecule has 0 radical (unpaired) electrons. The van der Waals surface area contributed by atoms with E-state index >= 15 is 0 Å². The van der Waals surface area contributed by atoms with E-state index in [0.717, 1.165) is 11.1 Å². The first kappa shape index (κ1) is 19.0. The summed E-state index contributed by atoms with van der Waals surface area (Å²) in [7, 11) is -3.34. The molecule has 1 aliphatic rings. The molecule has 0 amide bonds. The maximum absolute atomic E-state index is 12.0. The van der Waals surface area contributed by atoms with Crippen molar-refractivity contribution in [2.75, 3.05) is 6.26 Å². The molecule has 1 aliphatic heterocycles. The predicted molar refractivity (Wildman–Crippen MR) is 105 cm³/mol. The smallest absolute Gasteiger partial charge is 0.175 e. The highest BCUT2D eigenvalue weighted by molar-refractivity contribution is 7.90. The van der Waals surface area contributed by atoms with Gasteiger partial charge in [0.2, 0.25) is 0 Å². The van der Waals surface area contributed by atoms with Gasteiger partial charge in [-0.15, -0.1) is 0 Å². The van der Waals surface area contributed by atoms with E-state index in [1.165, 1.54) is 6.26 Å². The molecule has 140 valence electrons. The summed E-state index contributed by atoms with van der Waals surface area (Å²) in [6, 6.07) is 12.7. The van der Waals surface area contributed by atoms with E-state index < -0.39 is 9.84 Å². The Bertz CT molecular complexity index is 1050. The molecule has 27 heavy (non-hydrogen) atoms. The molecule has 0 N–H and O–H groups in total. The Balaban J connectivity index is 1.97. The minimum Gasteiger partial charge on any atom is -0.490 e. The highest BCUT2D eigenvalue weighted by Gasteiger charge is 2.24. The number of nitriles is 1. The standard InChI is InChI=1S/C21H22N2O3S/c1-14(2)26-21-8-7-19(27(4,24)25)10-20(21)15(3)23-12-17-6-5-16(11-22)9-18(17)13-23/h5-10,14H,3,12-13H2,1-2,4H3. The molecule has 0 saturated carbocycles. The Morgan fingerprint density at radius 2 is 1.89 bits per heavy atom. The van der Waals surface area contributed by atoms with Crippen molar-refractivity contribution in [3.8, 4) is 11.8 Å². The van der Waals surface area contributed by atoms with Crippen LogP contribution in [-0.2, 0) is 22.9 Å². The molecule has 0 aromatic heterocycles. The number of hydrogen-bond acceptors (Lipinski definition) is 5. The fourth-order valence-corrected chi connectivity index (χ4v) is 3.79. The zero-order valence-corrected chi connectivity index (χ0v) is 16.5. The normalized spacial score (nSPS) is 13.4. The van der Waals surface area contributed by atoms with Crippen LogP contribution in [0.3, 0.4) is 0 Å². The summed E-state index contributed by atoms with van der Waals surface area (Å²) in [6.07, 6.45) is 1.14. The van der Waals surface area contributed by atoms with E-state index in [2.05, 4.69) is 17.5 Å². The van der Waals surface area contributed by atoms with Crippen LogP contribution in [-0.4, -0.2) is 25.7 Å². The second kappa shape index (κ2) is 7.09. The van der Waals surface area contributed by atoms with Crippen molar-refractivity contribution in [3.63, 3.8) is 0 Å². The van der Waals surface area contributed by atoms with Crippen LogP contribution in [0.4, 0.5) is 0 Å². The number of benzene rings is 2. The highest BCUT2D eigenvalue weighted by atomic mass is 32.2. The molecule has 3 rings (SSSR count). The van der Waals surface area contributed by atoms with Crippen molar-refractivity contribution in [1.29, 1.82) is 5.26 Å². The summed E-state index contributed by atoms with van der Waals surface area (Å²) in [5, 5.41) is 9.09. The van der Waals surface area contributed by atoms with Gasteiger partial charge >= 0.3 is 0 Å². The summed E-state index contributed by atoms with van der Waals surface area (Å²) >= 11 is 0. The van der Waals surface area contributed by atoms with Crippen molar-refractivity contribution in [1.82, 2.24) is 4.90 Å². The van der Waals surface area contributed by atoms with E-state index in [9.17, 15) is 8.42 Å². The number of rotatable bonds is 5. The zero-order valence-electron chi connectivity index (χ0n) is 15.7. The number of ether oxygens (including phenoxy) is 1. The highest BCUT2D eigenvalue weighted by Crippen LogP contribution is 2.35. The summed E-state index contributed by atoms with van der Waals surface area (Å²) in [6.45, 7) is 9.33. The third kappa shape index (κ3) is 3.99. The van der Waals surface area contributed by atoms with Gasteiger partial charge in [0.05, 0.1) is 22.6 Å². The maximum Gasteiger partial charge on any atom is 0.175 e. The van der Waals surface area contributed by atoms with E-state index in [0.29, 0.717) is 35.7 Å². The molecule has 0 bridgehead atoms. The molecule has 0 aliphatic carbocycles. The van der Waals surface area contributed by atoms with Gasteiger partial charge in [-0.1, -0.05) is 12.6 Å². The average molecular weight is 382 g/mol. The van der Waals surface area contributed by atoms with Crippen LogP contribution in [0.1, 0.15) is 36.1 Å². The lowest BCUT2D eigenvalue weighted by Crippen LogP contribution is -2.16. The number of nitrogens with zero attached hydrogens (tertiary/aromatic N) is 2. The lowest BCUT2D eigenvalue weighted by Gasteiger charge is -2.24. The van der Waals surface area contributed by atoms with Crippen LogP contribution in [0.25, 0.3) is 5.70 Å². The van der Waals surface area contributed by atoms with Gasteiger partial charge in [0.1, 0.15) is 5.75 Å². The van der Waals surface area contributed by atoms with Crippen LogP contribution in [0, 0.1) is 11.3 Å². The molecular weight excluding hydrogens is 360 g/mol. The van der Waals surface area contributed by atoms with Crippen molar-refractivity contribution in [3.05, 3.63) is 65.2 Å². The van der Waals surface area contributed by atoms with Gasteiger partial charge in [-0.3, -0.25) is 0 Å². The van der Waals surface area contributed by atoms with E-state index in [-0.39, 0.29) is 11.0 Å². The molecule has 0 atom stereocenters. The third-order valence-electron chi connectivity index (χ3n) is 4.49. The first-order valence-corrected chi connectivity index (χ1v) is 10.5. The van der Waals surface area contributed by atoms with E-state index in [1.807, 2.05) is 32.0 Å². The van der Waals surface area contributed by atoms with Gasteiger partial charge < -0.3 is 9.64 Å². The fraction of sp³-hybridized carbons (Fsp3) is 0.286. The van der Waals surface area contributed by atoms with Gasteiger partial charge in [-0.2, -0.15) is 5.26 Å². The van der Waals surface area contributed by atoms with Crippen LogP contribution in [0.5, 0.6) is 5.75 Å². The Labute approximate surface area is 160 Å². The first-order valence-electron chi connectivity index (χ1n) is 8.66. The summed E-state index contributed by atoms with van der Waals surface area (Å²) < 4.78 is 29.9. The average Bonchev–Trinajstić information content (AvgIpc) is 3.03. The largest absolute Gasteiger partial charge is 0.490 e. The molecule has 2 aromatic carbocycles. The molecule has 0 unspecified atom stereocenters. The van der Waals surface area contributed by atoms with Gasteiger partial charge in [-0.25, -0.2) is 8.42 Å². The fourth-order valence-electron chi connectivity index (χ4n) is 3.15. The van der Waals surface area contributed by atoms with Crippen molar-refractivity contribution >= 4 is 15.5 Å². The first-order chi connectivity index (χ1) is 12.7. The summed E-state index contributed by atoms with van der Waals surface area (Å²) in [5.41, 5.74) is 4.22. The molecule has 0 fully saturated rings. The quantitative estimate of drug-likeness (QED) is 0.788. The van der Waals surface area contributed by atoms with Gasteiger partial charge in [0, 0.05) is 30.6 Å². The Hall–Kier alpha value is -2.78. The van der Waals surface area contributed by atoms with E-state index in [1.54, 1.807) is 18.2 Å². The van der Waals surface area contributed by atoms with Crippen LogP contribution in [0.15, 0.2) is 47.9 Å². The summed E-state index contributed by atoms with van der Waals surface area (Å²) in [4.78, 5) is 2.30. The van der Waals surface area contributed by atoms with Crippen molar-refractivity contribution in [2.45, 2.75) is 37.9 Å². The van der Waals surface area contributed by atoms with Crippen molar-refractivity contribution < 1.29 is 13.2 Å². The molecule has 1 heterocycles. The second-order valence-corrected chi connectivity index (χ2v) is 9.01. The zero-order chi connectivity index (χ0) is 19.8. The lowest BCUT2D eigenvalue weighted by atomic mass is 10.1. The third-order valence-corrected chi connectivity index (χ3v) is 5.60.